The molecule has 108 valence electrons. The van der Waals surface area contributed by atoms with Crippen LogP contribution in [0.15, 0.2) is 54.6 Å². The van der Waals surface area contributed by atoms with E-state index >= 15 is 0 Å². The van der Waals surface area contributed by atoms with Gasteiger partial charge in [0.2, 0.25) is 0 Å². The number of carbonyl (C=O) groups is 1. The van der Waals surface area contributed by atoms with Crippen LogP contribution < -0.4 is 4.74 Å². The molecule has 0 aliphatic rings. The lowest BCUT2D eigenvalue weighted by Gasteiger charge is -2.06. The molecule has 0 saturated carbocycles. The molecular weight excluding hydrogens is 264 g/mol. The van der Waals surface area contributed by atoms with Crippen LogP contribution in [0, 0.1) is 6.92 Å². The van der Waals surface area contributed by atoms with E-state index in [1.165, 1.54) is 11.6 Å². The van der Waals surface area contributed by atoms with Crippen LogP contribution >= 0.6 is 0 Å². The van der Waals surface area contributed by atoms with Crippen LogP contribution in [0.3, 0.4) is 0 Å². The van der Waals surface area contributed by atoms with Crippen molar-refractivity contribution < 1.29 is 14.3 Å². The molecule has 0 bridgehead atoms. The molecule has 0 N–H and O–H groups in total. The number of carbonyl (C=O) groups excluding carboxylic acids is 1. The summed E-state index contributed by atoms with van der Waals surface area (Å²) in [6.45, 7) is 4.20. The van der Waals surface area contributed by atoms with E-state index in [-0.39, 0.29) is 5.97 Å². The van der Waals surface area contributed by atoms with Crippen LogP contribution in [-0.2, 0) is 9.53 Å². The number of esters is 1. The SMILES string of the molecule is CCOC(=O)C=Cc1ccc(Oc2ccc(C)cc2)cc1. The van der Waals surface area contributed by atoms with Gasteiger partial charge in [0.25, 0.3) is 0 Å². The highest BCUT2D eigenvalue weighted by Gasteiger charge is 1.98. The van der Waals surface area contributed by atoms with Gasteiger partial charge in [0.15, 0.2) is 0 Å². The first kappa shape index (κ1) is 14.9. The quantitative estimate of drug-likeness (QED) is 0.603. The van der Waals surface area contributed by atoms with E-state index in [4.69, 9.17) is 9.47 Å². The summed E-state index contributed by atoms with van der Waals surface area (Å²) in [4.78, 5) is 11.2. The zero-order valence-corrected chi connectivity index (χ0v) is 12.2. The average Bonchev–Trinajstić information content (AvgIpc) is 2.49. The van der Waals surface area contributed by atoms with Gasteiger partial charge in [0.05, 0.1) is 6.61 Å². The number of hydrogen-bond donors (Lipinski definition) is 0. The van der Waals surface area contributed by atoms with E-state index in [1.54, 1.807) is 13.0 Å². The van der Waals surface area contributed by atoms with Gasteiger partial charge in [-0.05, 0) is 49.8 Å². The van der Waals surface area contributed by atoms with Crippen molar-refractivity contribution >= 4 is 12.0 Å². The minimum absolute atomic E-state index is 0.336. The van der Waals surface area contributed by atoms with Crippen molar-refractivity contribution in [2.45, 2.75) is 13.8 Å². The second-order valence-electron chi connectivity index (χ2n) is 4.57. The smallest absolute Gasteiger partial charge is 0.330 e. The zero-order chi connectivity index (χ0) is 15.1. The Labute approximate surface area is 124 Å². The lowest BCUT2D eigenvalue weighted by atomic mass is 10.2. The third-order valence-corrected chi connectivity index (χ3v) is 2.84. The largest absolute Gasteiger partial charge is 0.463 e. The average molecular weight is 282 g/mol. The predicted octanol–water partition coefficient (Wildman–Crippen LogP) is 4.36. The predicted molar refractivity (Wildman–Crippen MR) is 83.4 cm³/mol. The maximum Gasteiger partial charge on any atom is 0.330 e. The molecule has 0 spiro atoms. The van der Waals surface area contributed by atoms with Crippen molar-refractivity contribution in [3.63, 3.8) is 0 Å². The number of rotatable bonds is 5. The fourth-order valence-corrected chi connectivity index (χ4v) is 1.74. The summed E-state index contributed by atoms with van der Waals surface area (Å²) < 4.78 is 10.6. The fraction of sp³-hybridized carbons (Fsp3) is 0.167. The topological polar surface area (TPSA) is 35.5 Å². The number of aryl methyl sites for hydroxylation is 1. The molecule has 0 aliphatic carbocycles. The van der Waals surface area contributed by atoms with Crippen molar-refractivity contribution in [1.29, 1.82) is 0 Å². The summed E-state index contributed by atoms with van der Waals surface area (Å²) in [7, 11) is 0. The Morgan fingerprint density at radius 2 is 1.57 bits per heavy atom. The molecule has 0 radical (unpaired) electrons. The van der Waals surface area contributed by atoms with Crippen LogP contribution in [-0.4, -0.2) is 12.6 Å². The van der Waals surface area contributed by atoms with Gasteiger partial charge >= 0.3 is 5.97 Å². The molecule has 3 nitrogen and oxygen atoms in total. The highest BCUT2D eigenvalue weighted by atomic mass is 16.5. The molecule has 0 amide bonds. The van der Waals surface area contributed by atoms with Crippen molar-refractivity contribution in [3.05, 3.63) is 65.7 Å². The van der Waals surface area contributed by atoms with E-state index in [9.17, 15) is 4.79 Å². The maximum atomic E-state index is 11.2. The molecule has 0 heterocycles. The molecule has 0 fully saturated rings. The molecule has 2 aromatic carbocycles. The van der Waals surface area contributed by atoms with Gasteiger partial charge in [-0.3, -0.25) is 0 Å². The first-order valence-electron chi connectivity index (χ1n) is 6.87. The Morgan fingerprint density at radius 3 is 2.14 bits per heavy atom. The first-order chi connectivity index (χ1) is 10.2. The molecule has 0 unspecified atom stereocenters. The van der Waals surface area contributed by atoms with Crippen LogP contribution in [0.5, 0.6) is 11.5 Å². The summed E-state index contributed by atoms with van der Waals surface area (Å²) in [5.74, 6) is 1.22. The third-order valence-electron chi connectivity index (χ3n) is 2.84. The minimum atomic E-state index is -0.336. The van der Waals surface area contributed by atoms with Gasteiger partial charge in [0.1, 0.15) is 11.5 Å². The van der Waals surface area contributed by atoms with Crippen LogP contribution in [0.4, 0.5) is 0 Å². The fourth-order valence-electron chi connectivity index (χ4n) is 1.74. The number of ether oxygens (including phenoxy) is 2. The van der Waals surface area contributed by atoms with Crippen molar-refractivity contribution in [2.75, 3.05) is 6.61 Å². The summed E-state index contributed by atoms with van der Waals surface area (Å²) in [5, 5.41) is 0. The molecule has 0 atom stereocenters. The van der Waals surface area contributed by atoms with Gasteiger partial charge in [-0.2, -0.15) is 0 Å². The molecule has 3 heteroatoms. The van der Waals surface area contributed by atoms with Crippen molar-refractivity contribution in [1.82, 2.24) is 0 Å². The van der Waals surface area contributed by atoms with E-state index in [0.717, 1.165) is 17.1 Å². The van der Waals surface area contributed by atoms with Crippen molar-refractivity contribution in [3.8, 4) is 11.5 Å². The molecule has 2 aromatic rings. The van der Waals surface area contributed by atoms with E-state index in [1.807, 2.05) is 55.5 Å². The Balaban J connectivity index is 1.98. The van der Waals surface area contributed by atoms with Crippen molar-refractivity contribution in [2.24, 2.45) is 0 Å². The summed E-state index contributed by atoms with van der Waals surface area (Å²) in [6, 6.07) is 15.4. The van der Waals surface area contributed by atoms with Gasteiger partial charge in [-0.1, -0.05) is 29.8 Å². The Bertz CT molecular complexity index is 610. The van der Waals surface area contributed by atoms with Crippen LogP contribution in [0.2, 0.25) is 0 Å². The lowest BCUT2D eigenvalue weighted by Crippen LogP contribution is -1.98. The van der Waals surface area contributed by atoms with E-state index in [2.05, 4.69) is 0 Å². The highest BCUT2D eigenvalue weighted by Crippen LogP contribution is 2.22. The van der Waals surface area contributed by atoms with Gasteiger partial charge in [-0.25, -0.2) is 4.79 Å². The normalized spacial score (nSPS) is 10.6. The monoisotopic (exact) mass is 282 g/mol. The highest BCUT2D eigenvalue weighted by molar-refractivity contribution is 5.87. The number of hydrogen-bond acceptors (Lipinski definition) is 3. The Morgan fingerprint density at radius 1 is 1.00 bits per heavy atom. The van der Waals surface area contributed by atoms with Crippen LogP contribution in [0.1, 0.15) is 18.1 Å². The summed E-state index contributed by atoms with van der Waals surface area (Å²) in [5.41, 5.74) is 2.11. The standard InChI is InChI=1S/C18H18O3/c1-3-20-18(19)13-8-15-6-11-17(12-7-15)21-16-9-4-14(2)5-10-16/h4-13H,3H2,1-2H3. The lowest BCUT2D eigenvalue weighted by molar-refractivity contribution is -0.137. The zero-order valence-electron chi connectivity index (χ0n) is 12.2. The molecule has 0 aliphatic heterocycles. The van der Waals surface area contributed by atoms with Gasteiger partial charge < -0.3 is 9.47 Å². The second-order valence-corrected chi connectivity index (χ2v) is 4.57. The summed E-state index contributed by atoms with van der Waals surface area (Å²) >= 11 is 0. The number of benzene rings is 2. The summed E-state index contributed by atoms with van der Waals surface area (Å²) in [6.07, 6.45) is 3.13. The second kappa shape index (κ2) is 7.29. The van der Waals surface area contributed by atoms with Gasteiger partial charge in [-0.15, -0.1) is 0 Å². The minimum Gasteiger partial charge on any atom is -0.463 e. The molecule has 2 rings (SSSR count). The van der Waals surface area contributed by atoms with Crippen LogP contribution in [0.25, 0.3) is 6.08 Å². The van der Waals surface area contributed by atoms with Gasteiger partial charge in [0, 0.05) is 6.08 Å². The third kappa shape index (κ3) is 4.80. The Kier molecular flexibility index (Phi) is 5.16. The molecule has 0 saturated heterocycles. The molecular formula is C18H18O3. The van der Waals surface area contributed by atoms with E-state index in [0.29, 0.717) is 6.61 Å². The molecule has 0 aromatic heterocycles. The molecule has 21 heavy (non-hydrogen) atoms. The first-order valence-corrected chi connectivity index (χ1v) is 6.87. The van der Waals surface area contributed by atoms with E-state index < -0.39 is 0 Å². The Hall–Kier alpha value is -2.55. The maximum absolute atomic E-state index is 11.2.